The summed E-state index contributed by atoms with van der Waals surface area (Å²) >= 11 is 0. The zero-order valence-electron chi connectivity index (χ0n) is 12.4. The summed E-state index contributed by atoms with van der Waals surface area (Å²) in [5, 5.41) is 3.22. The van der Waals surface area contributed by atoms with Crippen LogP contribution in [0, 0.1) is 0 Å². The maximum atomic E-state index is 11.2. The number of nitrogens with zero attached hydrogens (tertiary/aromatic N) is 1. The van der Waals surface area contributed by atoms with Crippen molar-refractivity contribution in [1.82, 2.24) is 4.98 Å². The monoisotopic (exact) mass is 272 g/mol. The molecule has 0 saturated heterocycles. The SMILES string of the molecule is CC(=O)c1ccc(NCc2ncc(C(C)(C)C)o2)cc1. The fraction of sp³-hybridized carbons (Fsp3) is 0.375. The molecule has 0 aliphatic heterocycles. The average Bonchev–Trinajstić information content (AvgIpc) is 2.85. The summed E-state index contributed by atoms with van der Waals surface area (Å²) in [4.78, 5) is 15.4. The van der Waals surface area contributed by atoms with Crippen LogP contribution in [0.4, 0.5) is 5.69 Å². The van der Waals surface area contributed by atoms with Gasteiger partial charge in [0.2, 0.25) is 5.89 Å². The van der Waals surface area contributed by atoms with Gasteiger partial charge in [0.15, 0.2) is 5.78 Å². The Bertz CT molecular complexity index is 592. The quantitative estimate of drug-likeness (QED) is 0.860. The molecular weight excluding hydrogens is 252 g/mol. The number of hydrogen-bond acceptors (Lipinski definition) is 4. The van der Waals surface area contributed by atoms with Crippen molar-refractivity contribution in [2.24, 2.45) is 0 Å². The number of benzene rings is 1. The second-order valence-electron chi connectivity index (χ2n) is 5.86. The van der Waals surface area contributed by atoms with E-state index in [0.717, 1.165) is 11.4 Å². The van der Waals surface area contributed by atoms with E-state index in [1.165, 1.54) is 0 Å². The van der Waals surface area contributed by atoms with Crippen LogP contribution in [-0.2, 0) is 12.0 Å². The van der Waals surface area contributed by atoms with Gasteiger partial charge in [0.1, 0.15) is 5.76 Å². The van der Waals surface area contributed by atoms with E-state index in [-0.39, 0.29) is 11.2 Å². The summed E-state index contributed by atoms with van der Waals surface area (Å²) in [7, 11) is 0. The molecule has 0 amide bonds. The lowest BCUT2D eigenvalue weighted by Crippen LogP contribution is -2.09. The number of anilines is 1. The third-order valence-corrected chi connectivity index (χ3v) is 3.03. The standard InChI is InChI=1S/C16H20N2O2/c1-11(19)12-5-7-13(8-6-12)17-10-15-18-9-14(20-15)16(2,3)4/h5-9,17H,10H2,1-4H3. The molecule has 0 fully saturated rings. The molecule has 0 saturated carbocycles. The molecule has 1 heterocycles. The van der Waals surface area contributed by atoms with Gasteiger partial charge in [0.25, 0.3) is 0 Å². The number of hydrogen-bond donors (Lipinski definition) is 1. The van der Waals surface area contributed by atoms with Crippen LogP contribution in [0.5, 0.6) is 0 Å². The third-order valence-electron chi connectivity index (χ3n) is 3.03. The minimum Gasteiger partial charge on any atom is -0.443 e. The lowest BCUT2D eigenvalue weighted by atomic mass is 9.94. The Balaban J connectivity index is 1.98. The minimum absolute atomic E-state index is 0.0333. The number of oxazole rings is 1. The minimum atomic E-state index is -0.0333. The van der Waals surface area contributed by atoms with Crippen LogP contribution >= 0.6 is 0 Å². The molecule has 0 unspecified atom stereocenters. The van der Waals surface area contributed by atoms with Crippen LogP contribution in [0.2, 0.25) is 0 Å². The van der Waals surface area contributed by atoms with E-state index in [1.807, 2.05) is 12.1 Å². The maximum absolute atomic E-state index is 11.2. The van der Waals surface area contributed by atoms with E-state index in [0.29, 0.717) is 18.0 Å². The Morgan fingerprint density at radius 3 is 2.40 bits per heavy atom. The van der Waals surface area contributed by atoms with E-state index in [9.17, 15) is 4.79 Å². The van der Waals surface area contributed by atoms with Gasteiger partial charge in [-0.05, 0) is 31.2 Å². The number of carbonyl (C=O) groups excluding carboxylic acids is 1. The molecule has 2 rings (SSSR count). The normalized spacial score (nSPS) is 11.4. The highest BCUT2D eigenvalue weighted by Gasteiger charge is 2.18. The van der Waals surface area contributed by atoms with E-state index in [1.54, 1.807) is 25.3 Å². The molecule has 1 N–H and O–H groups in total. The molecule has 1 aromatic carbocycles. The highest BCUT2D eigenvalue weighted by molar-refractivity contribution is 5.94. The highest BCUT2D eigenvalue weighted by Crippen LogP contribution is 2.23. The number of carbonyl (C=O) groups is 1. The van der Waals surface area contributed by atoms with Gasteiger partial charge in [-0.2, -0.15) is 0 Å². The van der Waals surface area contributed by atoms with Gasteiger partial charge in [-0.3, -0.25) is 4.79 Å². The first kappa shape index (κ1) is 14.3. The summed E-state index contributed by atoms with van der Waals surface area (Å²) in [5.74, 6) is 1.60. The molecule has 1 aromatic heterocycles. The first-order chi connectivity index (χ1) is 9.36. The van der Waals surface area contributed by atoms with Crippen molar-refractivity contribution in [1.29, 1.82) is 0 Å². The van der Waals surface area contributed by atoms with Gasteiger partial charge in [-0.15, -0.1) is 0 Å². The predicted octanol–water partition coefficient (Wildman–Crippen LogP) is 3.79. The van der Waals surface area contributed by atoms with Crippen LogP contribution in [0.25, 0.3) is 0 Å². The van der Waals surface area contributed by atoms with Gasteiger partial charge < -0.3 is 9.73 Å². The second-order valence-corrected chi connectivity index (χ2v) is 5.86. The number of Topliss-reactive ketones (excluding diaryl/α,β-unsaturated/α-hetero) is 1. The van der Waals surface area contributed by atoms with Crippen molar-refractivity contribution in [3.8, 4) is 0 Å². The topological polar surface area (TPSA) is 55.1 Å². The van der Waals surface area contributed by atoms with Gasteiger partial charge in [0.05, 0.1) is 12.7 Å². The molecular formula is C16H20N2O2. The van der Waals surface area contributed by atoms with E-state index >= 15 is 0 Å². The van der Waals surface area contributed by atoms with Gasteiger partial charge in [-0.1, -0.05) is 20.8 Å². The lowest BCUT2D eigenvalue weighted by Gasteiger charge is -2.13. The molecule has 0 aliphatic carbocycles. The first-order valence-corrected chi connectivity index (χ1v) is 6.66. The fourth-order valence-electron chi connectivity index (χ4n) is 1.74. The largest absolute Gasteiger partial charge is 0.443 e. The molecule has 0 spiro atoms. The molecule has 2 aromatic rings. The van der Waals surface area contributed by atoms with Gasteiger partial charge in [-0.25, -0.2) is 4.98 Å². The van der Waals surface area contributed by atoms with Crippen molar-refractivity contribution in [2.75, 3.05) is 5.32 Å². The first-order valence-electron chi connectivity index (χ1n) is 6.66. The van der Waals surface area contributed by atoms with Crippen molar-refractivity contribution in [3.63, 3.8) is 0 Å². The smallest absolute Gasteiger partial charge is 0.213 e. The fourth-order valence-corrected chi connectivity index (χ4v) is 1.74. The Morgan fingerprint density at radius 2 is 1.90 bits per heavy atom. The molecule has 0 atom stereocenters. The maximum Gasteiger partial charge on any atom is 0.213 e. The summed E-state index contributed by atoms with van der Waals surface area (Å²) in [5.41, 5.74) is 1.61. The van der Waals surface area contributed by atoms with Crippen LogP contribution in [0.3, 0.4) is 0 Å². The Labute approximate surface area is 119 Å². The molecule has 20 heavy (non-hydrogen) atoms. The zero-order valence-corrected chi connectivity index (χ0v) is 12.4. The number of rotatable bonds is 4. The number of ketones is 1. The molecule has 0 bridgehead atoms. The molecule has 4 heteroatoms. The van der Waals surface area contributed by atoms with E-state index in [2.05, 4.69) is 31.1 Å². The van der Waals surface area contributed by atoms with Crippen molar-refractivity contribution < 1.29 is 9.21 Å². The van der Waals surface area contributed by atoms with Gasteiger partial charge >= 0.3 is 0 Å². The summed E-state index contributed by atoms with van der Waals surface area (Å²) in [6.07, 6.45) is 1.77. The summed E-state index contributed by atoms with van der Waals surface area (Å²) in [6.45, 7) is 8.35. The Morgan fingerprint density at radius 1 is 1.25 bits per heavy atom. The van der Waals surface area contributed by atoms with E-state index in [4.69, 9.17) is 4.42 Å². The summed E-state index contributed by atoms with van der Waals surface area (Å²) in [6, 6.07) is 7.37. The lowest BCUT2D eigenvalue weighted by molar-refractivity contribution is 0.101. The highest BCUT2D eigenvalue weighted by atomic mass is 16.4. The summed E-state index contributed by atoms with van der Waals surface area (Å²) < 4.78 is 5.70. The van der Waals surface area contributed by atoms with Gasteiger partial charge in [0, 0.05) is 16.7 Å². The zero-order chi connectivity index (χ0) is 14.8. The molecule has 4 nitrogen and oxygen atoms in total. The third kappa shape index (κ3) is 3.47. The van der Waals surface area contributed by atoms with Crippen LogP contribution in [0.1, 0.15) is 49.7 Å². The van der Waals surface area contributed by atoms with Crippen LogP contribution < -0.4 is 5.32 Å². The Kier molecular flexibility index (Phi) is 3.93. The molecule has 0 radical (unpaired) electrons. The van der Waals surface area contributed by atoms with Crippen LogP contribution in [-0.4, -0.2) is 10.8 Å². The van der Waals surface area contributed by atoms with Crippen LogP contribution in [0.15, 0.2) is 34.9 Å². The second kappa shape index (κ2) is 5.49. The predicted molar refractivity (Wildman–Crippen MR) is 79.0 cm³/mol. The Hall–Kier alpha value is -2.10. The number of nitrogens with one attached hydrogen (secondary N) is 1. The van der Waals surface area contributed by atoms with Crippen molar-refractivity contribution >= 4 is 11.5 Å². The van der Waals surface area contributed by atoms with Crippen molar-refractivity contribution in [3.05, 3.63) is 47.7 Å². The van der Waals surface area contributed by atoms with E-state index < -0.39 is 0 Å². The van der Waals surface area contributed by atoms with Crippen molar-refractivity contribution in [2.45, 2.75) is 39.7 Å². The molecule has 106 valence electrons. The number of aromatic nitrogens is 1. The molecule has 0 aliphatic rings. The average molecular weight is 272 g/mol.